The van der Waals surface area contributed by atoms with E-state index in [0.29, 0.717) is 10.8 Å². The van der Waals surface area contributed by atoms with Gasteiger partial charge in [-0.25, -0.2) is 4.98 Å². The molecule has 0 N–H and O–H groups in total. The van der Waals surface area contributed by atoms with Crippen LogP contribution in [0.25, 0.3) is 10.2 Å². The number of anilines is 1. The van der Waals surface area contributed by atoms with Crippen molar-refractivity contribution in [3.8, 4) is 0 Å². The number of aryl methyl sites for hydroxylation is 1. The first kappa shape index (κ1) is 18.7. The standard InChI is InChI=1S/C21H16N4O3S/c1-14-8-9-18-19(11-14)29-21(23-18)24(13-16-6-2-3-10-22-16)20(26)15-5-4-7-17(12-15)25(27)28/h2-12H,13H2,1H3. The number of hydrogen-bond acceptors (Lipinski definition) is 6. The van der Waals surface area contributed by atoms with Gasteiger partial charge in [-0.2, -0.15) is 0 Å². The van der Waals surface area contributed by atoms with Crippen LogP contribution in [0, 0.1) is 17.0 Å². The van der Waals surface area contributed by atoms with E-state index >= 15 is 0 Å². The maximum atomic E-state index is 13.3. The van der Waals surface area contributed by atoms with E-state index in [4.69, 9.17) is 0 Å². The number of nitro groups is 1. The highest BCUT2D eigenvalue weighted by molar-refractivity contribution is 7.22. The molecule has 1 amide bonds. The molecule has 0 spiro atoms. The van der Waals surface area contributed by atoms with Gasteiger partial charge in [0.25, 0.3) is 11.6 Å². The summed E-state index contributed by atoms with van der Waals surface area (Å²) in [4.78, 5) is 34.4. The van der Waals surface area contributed by atoms with Crippen LogP contribution in [0.3, 0.4) is 0 Å². The highest BCUT2D eigenvalue weighted by atomic mass is 32.1. The molecule has 0 radical (unpaired) electrons. The molecule has 0 fully saturated rings. The molecule has 0 unspecified atom stereocenters. The second-order valence-electron chi connectivity index (χ2n) is 6.49. The molecule has 8 heteroatoms. The molecule has 0 saturated heterocycles. The summed E-state index contributed by atoms with van der Waals surface area (Å²) in [5.41, 5.74) is 2.70. The van der Waals surface area contributed by atoms with E-state index in [1.54, 1.807) is 18.3 Å². The van der Waals surface area contributed by atoms with Crippen molar-refractivity contribution < 1.29 is 9.72 Å². The van der Waals surface area contributed by atoms with E-state index in [1.165, 1.54) is 34.4 Å². The first-order valence-electron chi connectivity index (χ1n) is 8.85. The predicted molar refractivity (Wildman–Crippen MR) is 112 cm³/mol. The van der Waals surface area contributed by atoms with Gasteiger partial charge in [-0.15, -0.1) is 0 Å². The number of aromatic nitrogens is 2. The van der Waals surface area contributed by atoms with E-state index in [0.717, 1.165) is 15.8 Å². The molecule has 2 aromatic carbocycles. The lowest BCUT2D eigenvalue weighted by atomic mass is 10.1. The molecule has 4 rings (SSSR count). The number of benzene rings is 2. The van der Waals surface area contributed by atoms with E-state index in [-0.39, 0.29) is 23.7 Å². The number of carbonyl (C=O) groups excluding carboxylic acids is 1. The summed E-state index contributed by atoms with van der Waals surface area (Å²) in [5, 5.41) is 11.6. The molecule has 0 aliphatic carbocycles. The first-order valence-corrected chi connectivity index (χ1v) is 9.66. The molecule has 0 aliphatic rings. The smallest absolute Gasteiger partial charge is 0.270 e. The molecule has 0 saturated carbocycles. The Balaban J connectivity index is 1.77. The Kier molecular flexibility index (Phi) is 5.01. The minimum absolute atomic E-state index is 0.131. The second kappa shape index (κ2) is 7.76. The number of fused-ring (bicyclic) bond motifs is 1. The molecule has 144 valence electrons. The lowest BCUT2D eigenvalue weighted by Crippen LogP contribution is -2.30. The number of carbonyl (C=O) groups is 1. The second-order valence-corrected chi connectivity index (χ2v) is 7.50. The SMILES string of the molecule is Cc1ccc2nc(N(Cc3ccccn3)C(=O)c3cccc([N+](=O)[O-])c3)sc2c1. The zero-order valence-electron chi connectivity index (χ0n) is 15.5. The van der Waals surface area contributed by atoms with Crippen LogP contribution in [0.1, 0.15) is 21.6 Å². The highest BCUT2D eigenvalue weighted by Crippen LogP contribution is 2.31. The summed E-state index contributed by atoms with van der Waals surface area (Å²) in [7, 11) is 0. The minimum Gasteiger partial charge on any atom is -0.278 e. The van der Waals surface area contributed by atoms with E-state index in [9.17, 15) is 14.9 Å². The first-order chi connectivity index (χ1) is 14.0. The van der Waals surface area contributed by atoms with Crippen molar-refractivity contribution >= 4 is 38.3 Å². The summed E-state index contributed by atoms with van der Waals surface area (Å²) in [5.74, 6) is -0.366. The van der Waals surface area contributed by atoms with Crippen LogP contribution in [-0.2, 0) is 6.54 Å². The molecular formula is C21H16N4O3S. The average molecular weight is 404 g/mol. The van der Waals surface area contributed by atoms with Gasteiger partial charge in [-0.05, 0) is 42.8 Å². The number of thiazole rings is 1. The fraction of sp³-hybridized carbons (Fsp3) is 0.0952. The van der Waals surface area contributed by atoms with Gasteiger partial charge >= 0.3 is 0 Å². The van der Waals surface area contributed by atoms with Crippen molar-refractivity contribution in [2.24, 2.45) is 0 Å². The van der Waals surface area contributed by atoms with Gasteiger partial charge in [0.2, 0.25) is 0 Å². The fourth-order valence-electron chi connectivity index (χ4n) is 2.92. The third kappa shape index (κ3) is 3.97. The number of nitrogens with zero attached hydrogens (tertiary/aromatic N) is 4. The molecule has 0 atom stereocenters. The van der Waals surface area contributed by atoms with Gasteiger partial charge in [0, 0.05) is 23.9 Å². The highest BCUT2D eigenvalue weighted by Gasteiger charge is 2.23. The van der Waals surface area contributed by atoms with E-state index in [1.807, 2.05) is 37.3 Å². The van der Waals surface area contributed by atoms with Crippen molar-refractivity contribution in [1.29, 1.82) is 0 Å². The summed E-state index contributed by atoms with van der Waals surface area (Å²) >= 11 is 1.40. The number of amides is 1. The number of rotatable bonds is 5. The van der Waals surface area contributed by atoms with Crippen molar-refractivity contribution in [3.63, 3.8) is 0 Å². The molecule has 2 heterocycles. The van der Waals surface area contributed by atoms with Gasteiger partial charge in [0.15, 0.2) is 5.13 Å². The Morgan fingerprint density at radius 1 is 1.14 bits per heavy atom. The van der Waals surface area contributed by atoms with Gasteiger partial charge in [-0.3, -0.25) is 24.8 Å². The normalized spacial score (nSPS) is 10.8. The van der Waals surface area contributed by atoms with Gasteiger partial charge in [0.1, 0.15) is 0 Å². The van der Waals surface area contributed by atoms with Crippen LogP contribution in [0.2, 0.25) is 0 Å². The van der Waals surface area contributed by atoms with E-state index < -0.39 is 4.92 Å². The number of hydrogen-bond donors (Lipinski definition) is 0. The number of pyridine rings is 1. The summed E-state index contributed by atoms with van der Waals surface area (Å²) in [6, 6.07) is 17.1. The monoisotopic (exact) mass is 404 g/mol. The summed E-state index contributed by atoms with van der Waals surface area (Å²) in [6.45, 7) is 2.21. The zero-order valence-corrected chi connectivity index (χ0v) is 16.3. The fourth-order valence-corrected chi connectivity index (χ4v) is 3.98. The maximum absolute atomic E-state index is 13.3. The average Bonchev–Trinajstić information content (AvgIpc) is 3.15. The maximum Gasteiger partial charge on any atom is 0.270 e. The summed E-state index contributed by atoms with van der Waals surface area (Å²) < 4.78 is 0.970. The Hall–Kier alpha value is -3.65. The lowest BCUT2D eigenvalue weighted by Gasteiger charge is -2.19. The van der Waals surface area contributed by atoms with Crippen LogP contribution < -0.4 is 4.90 Å². The zero-order chi connectivity index (χ0) is 20.4. The third-order valence-corrected chi connectivity index (χ3v) is 5.40. The van der Waals surface area contributed by atoms with Crippen molar-refractivity contribution in [2.45, 2.75) is 13.5 Å². The van der Waals surface area contributed by atoms with Crippen molar-refractivity contribution in [2.75, 3.05) is 4.90 Å². The molecule has 2 aromatic heterocycles. The Bertz CT molecular complexity index is 1210. The predicted octanol–water partition coefficient (Wildman–Crippen LogP) is 4.75. The van der Waals surface area contributed by atoms with Crippen LogP contribution in [0.15, 0.2) is 66.9 Å². The molecular weight excluding hydrogens is 388 g/mol. The van der Waals surface area contributed by atoms with Crippen LogP contribution >= 0.6 is 11.3 Å². The topological polar surface area (TPSA) is 89.2 Å². The Morgan fingerprint density at radius 3 is 2.76 bits per heavy atom. The number of nitro benzene ring substituents is 1. The lowest BCUT2D eigenvalue weighted by molar-refractivity contribution is -0.384. The van der Waals surface area contributed by atoms with Crippen LogP contribution in [0.5, 0.6) is 0 Å². The van der Waals surface area contributed by atoms with E-state index in [2.05, 4.69) is 9.97 Å². The summed E-state index contributed by atoms with van der Waals surface area (Å²) in [6.07, 6.45) is 1.66. The van der Waals surface area contributed by atoms with Gasteiger partial charge in [0.05, 0.1) is 27.4 Å². The van der Waals surface area contributed by atoms with Crippen LogP contribution in [0.4, 0.5) is 10.8 Å². The largest absolute Gasteiger partial charge is 0.278 e. The Labute approximate surface area is 170 Å². The number of non-ortho nitro benzene ring substituents is 1. The van der Waals surface area contributed by atoms with Crippen molar-refractivity contribution in [3.05, 3.63) is 93.8 Å². The van der Waals surface area contributed by atoms with Gasteiger partial charge in [-0.1, -0.05) is 29.5 Å². The molecule has 7 nitrogen and oxygen atoms in total. The third-order valence-electron chi connectivity index (χ3n) is 4.36. The molecule has 0 aliphatic heterocycles. The quantitative estimate of drug-likeness (QED) is 0.354. The van der Waals surface area contributed by atoms with Crippen LogP contribution in [-0.4, -0.2) is 20.8 Å². The molecule has 29 heavy (non-hydrogen) atoms. The minimum atomic E-state index is -0.514. The Morgan fingerprint density at radius 2 is 2.00 bits per heavy atom. The molecule has 4 aromatic rings. The molecule has 0 bridgehead atoms. The van der Waals surface area contributed by atoms with Gasteiger partial charge < -0.3 is 0 Å². The van der Waals surface area contributed by atoms with Crippen molar-refractivity contribution in [1.82, 2.24) is 9.97 Å².